The van der Waals surface area contributed by atoms with Crippen LogP contribution in [0.3, 0.4) is 0 Å². The molecule has 0 bridgehead atoms. The summed E-state index contributed by atoms with van der Waals surface area (Å²) < 4.78 is 24.4. The Hall–Kier alpha value is -1.74. The van der Waals surface area contributed by atoms with Crippen LogP contribution in [0.15, 0.2) is 6.07 Å². The van der Waals surface area contributed by atoms with Crippen LogP contribution in [0.4, 0.5) is 8.78 Å². The Labute approximate surface area is 78.1 Å². The second-order valence-electron chi connectivity index (χ2n) is 2.47. The maximum absolute atomic E-state index is 12.2. The molecule has 0 saturated carbocycles. The summed E-state index contributed by atoms with van der Waals surface area (Å²) in [6.45, 7) is -0.622. The smallest absolute Gasteiger partial charge is 0.280 e. The lowest BCUT2D eigenvalue weighted by Crippen LogP contribution is -1.98. The molecule has 0 aliphatic heterocycles. The summed E-state index contributed by atoms with van der Waals surface area (Å²) >= 11 is 0. The summed E-state index contributed by atoms with van der Waals surface area (Å²) in [7, 11) is 0. The lowest BCUT2D eigenvalue weighted by molar-refractivity contribution is 0.145. The van der Waals surface area contributed by atoms with E-state index in [1.54, 1.807) is 0 Å². The number of halogens is 2. The van der Waals surface area contributed by atoms with E-state index in [9.17, 15) is 13.9 Å². The van der Waals surface area contributed by atoms with Gasteiger partial charge in [0, 0.05) is 5.56 Å². The number of aromatic hydroxyl groups is 1. The van der Waals surface area contributed by atoms with Crippen LogP contribution < -0.4 is 0 Å². The van der Waals surface area contributed by atoms with Crippen molar-refractivity contribution in [3.63, 3.8) is 0 Å². The summed E-state index contributed by atoms with van der Waals surface area (Å²) in [5, 5.41) is 26.4. The van der Waals surface area contributed by atoms with Gasteiger partial charge in [0.2, 0.25) is 0 Å². The summed E-state index contributed by atoms with van der Waals surface area (Å²) in [5.74, 6) is -0.556. The number of nitriles is 1. The first-order chi connectivity index (χ1) is 6.60. The summed E-state index contributed by atoms with van der Waals surface area (Å²) in [4.78, 5) is 3.23. The van der Waals surface area contributed by atoms with Crippen LogP contribution in [-0.2, 0) is 6.61 Å². The molecule has 0 amide bonds. The van der Waals surface area contributed by atoms with Crippen LogP contribution >= 0.6 is 0 Å². The first kappa shape index (κ1) is 10.3. The lowest BCUT2D eigenvalue weighted by atomic mass is 10.2. The molecular weight excluding hydrogens is 194 g/mol. The highest BCUT2D eigenvalue weighted by molar-refractivity contribution is 5.43. The summed E-state index contributed by atoms with van der Waals surface area (Å²) in [5.41, 5.74) is -1.28. The van der Waals surface area contributed by atoms with E-state index in [2.05, 4.69) is 4.98 Å². The number of aliphatic hydroxyl groups is 1. The number of aromatic nitrogens is 1. The van der Waals surface area contributed by atoms with Crippen molar-refractivity contribution in [3.8, 4) is 11.8 Å². The minimum Gasteiger partial charge on any atom is -0.505 e. The second-order valence-corrected chi connectivity index (χ2v) is 2.47. The average Bonchev–Trinajstić information content (AvgIpc) is 2.17. The topological polar surface area (TPSA) is 77.1 Å². The molecule has 74 valence electrons. The van der Waals surface area contributed by atoms with Gasteiger partial charge in [-0.2, -0.15) is 5.26 Å². The van der Waals surface area contributed by atoms with E-state index >= 15 is 0 Å². The number of nitrogens with zero attached hydrogens (tertiary/aromatic N) is 2. The molecule has 6 heteroatoms. The number of aliphatic hydroxyl groups excluding tert-OH is 1. The lowest BCUT2D eigenvalue weighted by Gasteiger charge is -2.05. The molecule has 0 radical (unpaired) electrons. The van der Waals surface area contributed by atoms with E-state index in [1.165, 1.54) is 6.07 Å². The van der Waals surface area contributed by atoms with Gasteiger partial charge in [-0.3, -0.25) is 0 Å². The van der Waals surface area contributed by atoms with E-state index in [4.69, 9.17) is 10.4 Å². The van der Waals surface area contributed by atoms with Gasteiger partial charge in [-0.25, -0.2) is 13.8 Å². The molecule has 1 heterocycles. The van der Waals surface area contributed by atoms with Crippen molar-refractivity contribution in [2.75, 3.05) is 0 Å². The molecule has 0 saturated heterocycles. The van der Waals surface area contributed by atoms with Gasteiger partial charge in [0.25, 0.3) is 6.43 Å². The fourth-order valence-electron chi connectivity index (χ4n) is 0.924. The number of hydrogen-bond donors (Lipinski definition) is 2. The van der Waals surface area contributed by atoms with Crippen molar-refractivity contribution < 1.29 is 19.0 Å². The predicted molar refractivity (Wildman–Crippen MR) is 41.5 cm³/mol. The Morgan fingerprint density at radius 2 is 2.21 bits per heavy atom. The van der Waals surface area contributed by atoms with Crippen molar-refractivity contribution in [1.29, 1.82) is 5.26 Å². The monoisotopic (exact) mass is 200 g/mol. The Kier molecular flexibility index (Phi) is 2.94. The van der Waals surface area contributed by atoms with Crippen LogP contribution in [0.1, 0.15) is 23.4 Å². The van der Waals surface area contributed by atoms with Crippen LogP contribution in [0.2, 0.25) is 0 Å². The van der Waals surface area contributed by atoms with Gasteiger partial charge in [0.1, 0.15) is 11.8 Å². The predicted octanol–water partition coefficient (Wildman–Crippen LogP) is 1.09. The normalized spacial score (nSPS) is 10.2. The third-order valence-electron chi connectivity index (χ3n) is 1.59. The Balaban J connectivity index is 3.34. The molecule has 0 aliphatic carbocycles. The zero-order valence-electron chi connectivity index (χ0n) is 6.91. The van der Waals surface area contributed by atoms with Gasteiger partial charge in [0.15, 0.2) is 11.4 Å². The number of pyridine rings is 1. The molecule has 1 aromatic rings. The zero-order valence-corrected chi connectivity index (χ0v) is 6.91. The van der Waals surface area contributed by atoms with Gasteiger partial charge in [-0.1, -0.05) is 0 Å². The fraction of sp³-hybridized carbons (Fsp3) is 0.250. The highest BCUT2D eigenvalue weighted by Gasteiger charge is 2.16. The highest BCUT2D eigenvalue weighted by Crippen LogP contribution is 2.26. The van der Waals surface area contributed by atoms with Gasteiger partial charge in [-0.05, 0) is 6.07 Å². The summed E-state index contributed by atoms with van der Waals surface area (Å²) in [6, 6.07) is 2.32. The van der Waals surface area contributed by atoms with Crippen molar-refractivity contribution >= 4 is 0 Å². The molecule has 0 aromatic carbocycles. The fourth-order valence-corrected chi connectivity index (χ4v) is 0.924. The number of alkyl halides is 2. The maximum atomic E-state index is 12.2. The zero-order chi connectivity index (χ0) is 10.7. The van der Waals surface area contributed by atoms with Gasteiger partial charge in [-0.15, -0.1) is 0 Å². The molecule has 0 spiro atoms. The number of rotatable bonds is 2. The van der Waals surface area contributed by atoms with Crippen LogP contribution in [0.25, 0.3) is 0 Å². The van der Waals surface area contributed by atoms with E-state index in [0.29, 0.717) is 0 Å². The molecule has 14 heavy (non-hydrogen) atoms. The molecule has 1 aromatic heterocycles. The molecule has 2 N–H and O–H groups in total. The third-order valence-corrected chi connectivity index (χ3v) is 1.59. The van der Waals surface area contributed by atoms with Crippen molar-refractivity contribution in [3.05, 3.63) is 23.0 Å². The SMILES string of the molecule is N#Cc1nc(C(F)F)cc(CO)c1O. The van der Waals surface area contributed by atoms with E-state index in [-0.39, 0.29) is 5.56 Å². The minimum absolute atomic E-state index is 0.133. The van der Waals surface area contributed by atoms with Crippen molar-refractivity contribution in [1.82, 2.24) is 4.98 Å². The first-order valence-corrected chi connectivity index (χ1v) is 3.62. The van der Waals surface area contributed by atoms with E-state index < -0.39 is 30.2 Å². The quantitative estimate of drug-likeness (QED) is 0.749. The largest absolute Gasteiger partial charge is 0.505 e. The van der Waals surface area contributed by atoms with E-state index in [0.717, 1.165) is 6.07 Å². The van der Waals surface area contributed by atoms with Crippen LogP contribution in [0, 0.1) is 11.3 Å². The van der Waals surface area contributed by atoms with Gasteiger partial charge < -0.3 is 10.2 Å². The Bertz CT molecular complexity index is 388. The van der Waals surface area contributed by atoms with Crippen molar-refractivity contribution in [2.24, 2.45) is 0 Å². The standard InChI is InChI=1S/C8H6F2N2O2/c9-8(10)5-1-4(3-13)7(14)6(2-11)12-5/h1,8,13-14H,3H2. The van der Waals surface area contributed by atoms with Crippen LogP contribution in [0.5, 0.6) is 5.75 Å². The Morgan fingerprint density at radius 3 is 2.64 bits per heavy atom. The average molecular weight is 200 g/mol. The molecule has 1 rings (SSSR count). The molecule has 4 nitrogen and oxygen atoms in total. The maximum Gasteiger partial charge on any atom is 0.280 e. The van der Waals surface area contributed by atoms with E-state index in [1.807, 2.05) is 0 Å². The number of hydrogen-bond acceptors (Lipinski definition) is 4. The molecule has 0 fully saturated rings. The third kappa shape index (κ3) is 1.78. The molecular formula is C8H6F2N2O2. The highest BCUT2D eigenvalue weighted by atomic mass is 19.3. The Morgan fingerprint density at radius 1 is 1.57 bits per heavy atom. The minimum atomic E-state index is -2.84. The first-order valence-electron chi connectivity index (χ1n) is 3.62. The van der Waals surface area contributed by atoms with Crippen molar-refractivity contribution in [2.45, 2.75) is 13.0 Å². The van der Waals surface area contributed by atoms with Gasteiger partial charge >= 0.3 is 0 Å². The molecule has 0 aliphatic rings. The summed E-state index contributed by atoms with van der Waals surface area (Å²) in [6.07, 6.45) is -2.84. The second kappa shape index (κ2) is 3.98. The van der Waals surface area contributed by atoms with Gasteiger partial charge in [0.05, 0.1) is 6.61 Å². The molecule has 0 atom stereocenters. The molecule has 0 unspecified atom stereocenters. The van der Waals surface area contributed by atoms with Crippen LogP contribution in [-0.4, -0.2) is 15.2 Å².